The molecule has 2 aromatic carbocycles. The molecule has 0 heterocycles. The first-order chi connectivity index (χ1) is 13.1. The average Bonchev–Trinajstić information content (AvgIpc) is 2.61. The van der Waals surface area contributed by atoms with Crippen molar-refractivity contribution in [2.45, 2.75) is 19.6 Å². The number of benzene rings is 2. The van der Waals surface area contributed by atoms with E-state index in [9.17, 15) is 31.9 Å². The first-order valence-electron chi connectivity index (χ1n) is 7.93. The molecule has 0 unspecified atom stereocenters. The Bertz CT molecular complexity index is 922. The number of ether oxygens (including phenoxy) is 1. The molecule has 0 fully saturated rings. The van der Waals surface area contributed by atoms with E-state index in [0.29, 0.717) is 0 Å². The van der Waals surface area contributed by atoms with Crippen molar-refractivity contribution in [2.75, 3.05) is 7.11 Å². The Morgan fingerprint density at radius 3 is 2.36 bits per heavy atom. The van der Waals surface area contributed by atoms with Gasteiger partial charge in [0.05, 0.1) is 18.2 Å². The molecule has 0 aliphatic carbocycles. The predicted molar refractivity (Wildman–Crippen MR) is 91.4 cm³/mol. The molecule has 150 valence electrons. The minimum absolute atomic E-state index is 0.143. The highest BCUT2D eigenvalue weighted by molar-refractivity contribution is 6.16. The number of nitrogens with one attached hydrogen (secondary N) is 1. The molecular weight excluding hydrogens is 385 g/mol. The third-order valence-electron chi connectivity index (χ3n) is 4.00. The molecule has 0 amide bonds. The molecule has 2 aromatic rings. The maximum atomic E-state index is 14.4. The fraction of sp³-hybridized carbons (Fsp3) is 0.211. The molecule has 0 saturated carbocycles. The van der Waals surface area contributed by atoms with Crippen LogP contribution in [-0.4, -0.2) is 18.2 Å². The van der Waals surface area contributed by atoms with Crippen LogP contribution in [0.5, 0.6) is 5.75 Å². The number of hydrogen-bond acceptors (Lipinski definition) is 3. The highest BCUT2D eigenvalue weighted by Gasteiger charge is 2.34. The van der Waals surface area contributed by atoms with Crippen LogP contribution in [0.2, 0.25) is 0 Å². The largest absolute Gasteiger partial charge is 0.494 e. The fourth-order valence-electron chi connectivity index (χ4n) is 2.65. The van der Waals surface area contributed by atoms with Crippen LogP contribution in [-0.2, 0) is 17.5 Å². The number of carbonyl (C=O) groups is 1. The fourth-order valence-corrected chi connectivity index (χ4v) is 2.65. The second-order valence-corrected chi connectivity index (χ2v) is 5.74. The van der Waals surface area contributed by atoms with Crippen molar-refractivity contribution in [3.8, 4) is 5.75 Å². The summed E-state index contributed by atoms with van der Waals surface area (Å²) in [6.07, 6.45) is -4.79. The van der Waals surface area contributed by atoms with Crippen LogP contribution in [0.1, 0.15) is 23.6 Å². The van der Waals surface area contributed by atoms with Gasteiger partial charge >= 0.3 is 12.1 Å². The van der Waals surface area contributed by atoms with Gasteiger partial charge < -0.3 is 15.2 Å². The summed E-state index contributed by atoms with van der Waals surface area (Å²) in [6, 6.07) is 6.36. The van der Waals surface area contributed by atoms with E-state index in [1.165, 1.54) is 32.2 Å². The zero-order valence-electron chi connectivity index (χ0n) is 14.8. The number of methoxy groups -OCH3 is 1. The molecule has 4 nitrogen and oxygen atoms in total. The van der Waals surface area contributed by atoms with E-state index in [2.05, 4.69) is 5.32 Å². The van der Waals surface area contributed by atoms with Gasteiger partial charge in [-0.25, -0.2) is 13.6 Å². The topological polar surface area (TPSA) is 58.6 Å². The van der Waals surface area contributed by atoms with Crippen LogP contribution < -0.4 is 10.1 Å². The van der Waals surface area contributed by atoms with E-state index >= 15 is 0 Å². The molecule has 0 bridgehead atoms. The summed E-state index contributed by atoms with van der Waals surface area (Å²) in [6.45, 7) is 0.603. The summed E-state index contributed by atoms with van der Waals surface area (Å²) in [7, 11) is 1.20. The van der Waals surface area contributed by atoms with Gasteiger partial charge in [-0.05, 0) is 25.1 Å². The van der Waals surface area contributed by atoms with Gasteiger partial charge in [-0.3, -0.25) is 0 Å². The second kappa shape index (κ2) is 8.28. The van der Waals surface area contributed by atoms with Crippen molar-refractivity contribution in [3.05, 3.63) is 70.4 Å². The lowest BCUT2D eigenvalue weighted by molar-refractivity contribution is -0.138. The number of carboxylic acids is 1. The van der Waals surface area contributed by atoms with Crippen LogP contribution in [0.25, 0.3) is 5.57 Å². The van der Waals surface area contributed by atoms with Crippen LogP contribution >= 0.6 is 0 Å². The summed E-state index contributed by atoms with van der Waals surface area (Å²) in [4.78, 5) is 11.6. The maximum absolute atomic E-state index is 14.4. The van der Waals surface area contributed by atoms with Crippen molar-refractivity contribution in [1.29, 1.82) is 0 Å². The number of alkyl halides is 3. The van der Waals surface area contributed by atoms with Gasteiger partial charge in [0.15, 0.2) is 11.6 Å². The van der Waals surface area contributed by atoms with Gasteiger partial charge in [0.25, 0.3) is 0 Å². The van der Waals surface area contributed by atoms with E-state index in [1.54, 1.807) is 0 Å². The Kier molecular flexibility index (Phi) is 6.27. The highest BCUT2D eigenvalue weighted by atomic mass is 19.4. The molecule has 0 radical (unpaired) electrons. The lowest BCUT2D eigenvalue weighted by Gasteiger charge is -2.17. The van der Waals surface area contributed by atoms with E-state index in [0.717, 1.165) is 18.2 Å². The molecule has 2 N–H and O–H groups in total. The van der Waals surface area contributed by atoms with Gasteiger partial charge in [-0.1, -0.05) is 18.2 Å². The predicted octanol–water partition coefficient (Wildman–Crippen LogP) is 4.60. The Hall–Kier alpha value is -3.10. The Balaban J connectivity index is 2.45. The smallest absolute Gasteiger partial charge is 0.416 e. The number of rotatable bonds is 6. The minimum Gasteiger partial charge on any atom is -0.494 e. The Morgan fingerprint density at radius 2 is 1.79 bits per heavy atom. The molecule has 0 aliphatic heterocycles. The lowest BCUT2D eigenvalue weighted by atomic mass is 10.0. The van der Waals surface area contributed by atoms with Crippen molar-refractivity contribution < 1.29 is 36.6 Å². The lowest BCUT2D eigenvalue weighted by Crippen LogP contribution is -2.20. The molecule has 0 atom stereocenters. The molecule has 0 saturated heterocycles. The van der Waals surface area contributed by atoms with E-state index < -0.39 is 47.0 Å². The standard InChI is InChI=1S/C19H16F5NO3/c1-10(16(18(26)27)11-5-3-8-15(28-2)17(11)21)25-9-12-13(19(22,23)24)6-4-7-14(12)20/h3-8,25H,9H2,1-2H3,(H,26,27)/b16-10-. The zero-order chi connectivity index (χ0) is 21.1. The zero-order valence-corrected chi connectivity index (χ0v) is 14.8. The van der Waals surface area contributed by atoms with Crippen molar-refractivity contribution in [3.63, 3.8) is 0 Å². The van der Waals surface area contributed by atoms with Crippen LogP contribution in [0.15, 0.2) is 42.1 Å². The quantitative estimate of drug-likeness (QED) is 0.549. The molecule has 0 aromatic heterocycles. The number of allylic oxidation sites excluding steroid dienone is 1. The SMILES string of the molecule is COc1cccc(/C(C(=O)O)=C(\C)NCc2c(F)cccc2C(F)(F)F)c1F. The monoisotopic (exact) mass is 401 g/mol. The Morgan fingerprint density at radius 1 is 1.14 bits per heavy atom. The molecule has 2 rings (SSSR count). The number of halogens is 5. The first-order valence-corrected chi connectivity index (χ1v) is 7.93. The van der Waals surface area contributed by atoms with Crippen LogP contribution in [0, 0.1) is 11.6 Å². The number of aliphatic carboxylic acids is 1. The third-order valence-corrected chi connectivity index (χ3v) is 4.00. The van der Waals surface area contributed by atoms with Crippen LogP contribution in [0.4, 0.5) is 22.0 Å². The number of carboxylic acid groups (broad SMARTS) is 1. The molecule has 0 aliphatic rings. The van der Waals surface area contributed by atoms with Gasteiger partial charge in [0.1, 0.15) is 5.82 Å². The maximum Gasteiger partial charge on any atom is 0.416 e. The number of hydrogen-bond donors (Lipinski definition) is 2. The van der Waals surface area contributed by atoms with Gasteiger partial charge in [-0.15, -0.1) is 0 Å². The van der Waals surface area contributed by atoms with E-state index in [-0.39, 0.29) is 17.0 Å². The second-order valence-electron chi connectivity index (χ2n) is 5.74. The van der Waals surface area contributed by atoms with Crippen molar-refractivity contribution in [1.82, 2.24) is 5.32 Å². The summed E-state index contributed by atoms with van der Waals surface area (Å²) in [5, 5.41) is 11.9. The van der Waals surface area contributed by atoms with Gasteiger partial charge in [0, 0.05) is 23.4 Å². The van der Waals surface area contributed by atoms with Crippen molar-refractivity contribution >= 4 is 11.5 Å². The van der Waals surface area contributed by atoms with Gasteiger partial charge in [-0.2, -0.15) is 13.2 Å². The molecular formula is C19H16F5NO3. The highest BCUT2D eigenvalue weighted by Crippen LogP contribution is 2.33. The van der Waals surface area contributed by atoms with E-state index in [4.69, 9.17) is 4.74 Å². The average molecular weight is 401 g/mol. The molecule has 9 heteroatoms. The normalized spacial score (nSPS) is 12.4. The summed E-state index contributed by atoms with van der Waals surface area (Å²) < 4.78 is 72.4. The summed E-state index contributed by atoms with van der Waals surface area (Å²) in [5.41, 5.74) is -2.83. The van der Waals surface area contributed by atoms with E-state index in [1.807, 2.05) is 0 Å². The Labute approximate surface area is 157 Å². The summed E-state index contributed by atoms with van der Waals surface area (Å²) in [5.74, 6) is -3.75. The molecule has 28 heavy (non-hydrogen) atoms. The molecule has 0 spiro atoms. The van der Waals surface area contributed by atoms with Crippen molar-refractivity contribution in [2.24, 2.45) is 0 Å². The summed E-state index contributed by atoms with van der Waals surface area (Å²) >= 11 is 0. The third kappa shape index (κ3) is 4.41. The minimum atomic E-state index is -4.79. The van der Waals surface area contributed by atoms with Crippen LogP contribution in [0.3, 0.4) is 0 Å². The van der Waals surface area contributed by atoms with Gasteiger partial charge in [0.2, 0.25) is 0 Å². The first kappa shape index (κ1) is 21.2.